The number of nitrogens with zero attached hydrogens (tertiary/aromatic N) is 1. The predicted octanol–water partition coefficient (Wildman–Crippen LogP) is 2.69. The average molecular weight is 340 g/mol. The number of hydrogen-bond donors (Lipinski definition) is 1. The maximum absolute atomic E-state index is 12.9. The number of benzene rings is 2. The molecule has 0 bridgehead atoms. The summed E-state index contributed by atoms with van der Waals surface area (Å²) in [5.41, 5.74) is 2.79. The first-order chi connectivity index (χ1) is 12.2. The molecular formula is C19H20N2O4. The highest BCUT2D eigenvalue weighted by atomic mass is 16.5. The van der Waals surface area contributed by atoms with Crippen LogP contribution < -0.4 is 5.32 Å². The summed E-state index contributed by atoms with van der Waals surface area (Å²) in [6.45, 7) is 0.895. The molecule has 1 amide bonds. The van der Waals surface area contributed by atoms with Crippen molar-refractivity contribution in [2.45, 2.75) is 6.17 Å². The molecule has 6 heteroatoms. The number of para-hydroxylation sites is 1. The molecule has 1 atom stereocenters. The van der Waals surface area contributed by atoms with Gasteiger partial charge in [0.1, 0.15) is 6.17 Å². The second kappa shape index (κ2) is 7.36. The summed E-state index contributed by atoms with van der Waals surface area (Å²) in [5.74, 6) is -0.436. The van der Waals surface area contributed by atoms with Crippen molar-refractivity contribution in [3.63, 3.8) is 0 Å². The van der Waals surface area contributed by atoms with Crippen molar-refractivity contribution in [3.8, 4) is 0 Å². The molecule has 1 N–H and O–H groups in total. The number of fused-ring (bicyclic) bond motifs is 1. The van der Waals surface area contributed by atoms with Crippen molar-refractivity contribution in [2.75, 3.05) is 32.7 Å². The maximum Gasteiger partial charge on any atom is 0.337 e. The fourth-order valence-electron chi connectivity index (χ4n) is 2.90. The molecule has 25 heavy (non-hydrogen) atoms. The van der Waals surface area contributed by atoms with Crippen LogP contribution >= 0.6 is 0 Å². The summed E-state index contributed by atoms with van der Waals surface area (Å²) in [4.78, 5) is 26.2. The van der Waals surface area contributed by atoms with Crippen LogP contribution in [-0.4, -0.2) is 44.1 Å². The van der Waals surface area contributed by atoms with Crippen molar-refractivity contribution in [2.24, 2.45) is 0 Å². The highest BCUT2D eigenvalue weighted by molar-refractivity contribution is 6.01. The van der Waals surface area contributed by atoms with Crippen LogP contribution in [0.5, 0.6) is 0 Å². The summed E-state index contributed by atoms with van der Waals surface area (Å²) >= 11 is 0. The van der Waals surface area contributed by atoms with Gasteiger partial charge >= 0.3 is 5.97 Å². The van der Waals surface area contributed by atoms with E-state index < -0.39 is 0 Å². The SMILES string of the molecule is COCCN1C(=O)c2ccccc2N[C@@H]1c1ccc(C(=O)OC)cc1. The fraction of sp³-hybridized carbons (Fsp3) is 0.263. The van der Waals surface area contributed by atoms with Gasteiger partial charge in [-0.1, -0.05) is 24.3 Å². The molecule has 2 aromatic rings. The van der Waals surface area contributed by atoms with Crippen LogP contribution in [0.1, 0.15) is 32.4 Å². The molecule has 6 nitrogen and oxygen atoms in total. The van der Waals surface area contributed by atoms with Gasteiger partial charge in [-0.2, -0.15) is 0 Å². The number of ether oxygens (including phenoxy) is 2. The van der Waals surface area contributed by atoms with Crippen LogP contribution in [0.2, 0.25) is 0 Å². The van der Waals surface area contributed by atoms with Crippen molar-refractivity contribution >= 4 is 17.6 Å². The molecule has 1 aliphatic rings. The molecule has 3 rings (SSSR count). The summed E-state index contributed by atoms with van der Waals surface area (Å²) < 4.78 is 9.87. The third-order valence-corrected chi connectivity index (χ3v) is 4.21. The van der Waals surface area contributed by atoms with Gasteiger partial charge in [0.15, 0.2) is 0 Å². The van der Waals surface area contributed by atoms with Crippen molar-refractivity contribution in [1.82, 2.24) is 4.90 Å². The number of esters is 1. The molecule has 0 saturated heterocycles. The van der Waals surface area contributed by atoms with Gasteiger partial charge in [0.2, 0.25) is 0 Å². The van der Waals surface area contributed by atoms with E-state index in [0.29, 0.717) is 24.3 Å². The summed E-state index contributed by atoms with van der Waals surface area (Å²) in [6.07, 6.45) is -0.329. The van der Waals surface area contributed by atoms with Gasteiger partial charge in [0.25, 0.3) is 5.91 Å². The molecule has 1 aliphatic heterocycles. The summed E-state index contributed by atoms with van der Waals surface area (Å²) in [5, 5.41) is 3.40. The number of carbonyl (C=O) groups is 2. The van der Waals surface area contributed by atoms with Crippen LogP contribution in [0.3, 0.4) is 0 Å². The lowest BCUT2D eigenvalue weighted by Crippen LogP contribution is -2.44. The number of nitrogens with one attached hydrogen (secondary N) is 1. The Balaban J connectivity index is 1.94. The van der Waals surface area contributed by atoms with E-state index in [1.165, 1.54) is 7.11 Å². The molecule has 2 aromatic carbocycles. The third kappa shape index (κ3) is 3.34. The minimum absolute atomic E-state index is 0.0477. The lowest BCUT2D eigenvalue weighted by molar-refractivity contribution is 0.0593. The first-order valence-electron chi connectivity index (χ1n) is 7.99. The van der Waals surface area contributed by atoms with E-state index in [9.17, 15) is 9.59 Å². The Morgan fingerprint density at radius 2 is 1.84 bits per heavy atom. The minimum Gasteiger partial charge on any atom is -0.465 e. The molecule has 0 radical (unpaired) electrons. The largest absolute Gasteiger partial charge is 0.465 e. The third-order valence-electron chi connectivity index (χ3n) is 4.21. The molecule has 0 aliphatic carbocycles. The zero-order valence-corrected chi connectivity index (χ0v) is 14.2. The molecule has 1 heterocycles. The zero-order valence-electron chi connectivity index (χ0n) is 14.2. The Morgan fingerprint density at radius 3 is 2.52 bits per heavy atom. The van der Waals surface area contributed by atoms with E-state index in [1.54, 1.807) is 30.2 Å². The van der Waals surface area contributed by atoms with Crippen LogP contribution in [-0.2, 0) is 9.47 Å². The molecule has 0 unspecified atom stereocenters. The van der Waals surface area contributed by atoms with Gasteiger partial charge in [0, 0.05) is 19.3 Å². The Kier molecular flexibility index (Phi) is 5.00. The Bertz CT molecular complexity index is 773. The minimum atomic E-state index is -0.388. The van der Waals surface area contributed by atoms with E-state index in [-0.39, 0.29) is 18.0 Å². The topological polar surface area (TPSA) is 67.9 Å². The Labute approximate surface area is 146 Å². The van der Waals surface area contributed by atoms with Crippen LogP contribution in [0.4, 0.5) is 5.69 Å². The normalized spacial score (nSPS) is 16.2. The number of amides is 1. The van der Waals surface area contributed by atoms with Crippen LogP contribution in [0, 0.1) is 0 Å². The average Bonchev–Trinajstić information content (AvgIpc) is 2.66. The lowest BCUT2D eigenvalue weighted by Gasteiger charge is -2.38. The van der Waals surface area contributed by atoms with Crippen molar-refractivity contribution in [1.29, 1.82) is 0 Å². The van der Waals surface area contributed by atoms with Gasteiger partial charge < -0.3 is 19.7 Å². The maximum atomic E-state index is 12.9. The molecule has 0 aromatic heterocycles. The highest BCUT2D eigenvalue weighted by Crippen LogP contribution is 2.32. The van der Waals surface area contributed by atoms with E-state index in [4.69, 9.17) is 9.47 Å². The molecule has 130 valence electrons. The van der Waals surface area contributed by atoms with Gasteiger partial charge in [-0.3, -0.25) is 4.79 Å². The number of anilines is 1. The smallest absolute Gasteiger partial charge is 0.337 e. The standard InChI is InChI=1S/C19H20N2O4/c1-24-12-11-21-17(13-7-9-14(10-8-13)19(23)25-2)20-16-6-4-3-5-15(16)18(21)22/h3-10,17,20H,11-12H2,1-2H3/t17-/m0/s1. The van der Waals surface area contributed by atoms with Crippen LogP contribution in [0.15, 0.2) is 48.5 Å². The van der Waals surface area contributed by atoms with Gasteiger partial charge in [-0.05, 0) is 29.8 Å². The van der Waals surface area contributed by atoms with Crippen molar-refractivity contribution in [3.05, 3.63) is 65.2 Å². The zero-order chi connectivity index (χ0) is 17.8. The first kappa shape index (κ1) is 17.0. The van der Waals surface area contributed by atoms with Gasteiger partial charge in [0.05, 0.1) is 24.8 Å². The van der Waals surface area contributed by atoms with Crippen LogP contribution in [0.25, 0.3) is 0 Å². The summed E-state index contributed by atoms with van der Waals surface area (Å²) in [7, 11) is 2.96. The lowest BCUT2D eigenvalue weighted by atomic mass is 10.0. The second-order valence-corrected chi connectivity index (χ2v) is 5.70. The predicted molar refractivity (Wildman–Crippen MR) is 93.5 cm³/mol. The van der Waals surface area contributed by atoms with E-state index in [1.807, 2.05) is 30.3 Å². The number of hydrogen-bond acceptors (Lipinski definition) is 5. The molecule has 0 fully saturated rings. The Hall–Kier alpha value is -2.86. The fourth-order valence-corrected chi connectivity index (χ4v) is 2.90. The molecule has 0 spiro atoms. The van der Waals surface area contributed by atoms with Gasteiger partial charge in [-0.15, -0.1) is 0 Å². The quantitative estimate of drug-likeness (QED) is 0.848. The monoisotopic (exact) mass is 340 g/mol. The molecule has 0 saturated carbocycles. The number of carbonyl (C=O) groups excluding carboxylic acids is 2. The van der Waals surface area contributed by atoms with E-state index in [2.05, 4.69) is 5.32 Å². The number of rotatable bonds is 5. The van der Waals surface area contributed by atoms with Gasteiger partial charge in [-0.25, -0.2) is 4.79 Å². The van der Waals surface area contributed by atoms with E-state index >= 15 is 0 Å². The number of methoxy groups -OCH3 is 2. The Morgan fingerprint density at radius 1 is 1.12 bits per heavy atom. The summed E-state index contributed by atoms with van der Waals surface area (Å²) in [6, 6.07) is 14.5. The molecular weight excluding hydrogens is 320 g/mol. The van der Waals surface area contributed by atoms with Crippen molar-refractivity contribution < 1.29 is 19.1 Å². The van der Waals surface area contributed by atoms with E-state index in [0.717, 1.165) is 11.3 Å². The second-order valence-electron chi connectivity index (χ2n) is 5.70. The highest BCUT2D eigenvalue weighted by Gasteiger charge is 2.32. The first-order valence-corrected chi connectivity index (χ1v) is 7.99.